The van der Waals surface area contributed by atoms with Crippen molar-refractivity contribution in [1.82, 2.24) is 10.4 Å². The number of fused-ring (bicyclic) bond motifs is 1. The maximum absolute atomic E-state index is 13.0. The van der Waals surface area contributed by atoms with Crippen molar-refractivity contribution in [2.75, 3.05) is 32.1 Å². The van der Waals surface area contributed by atoms with Crippen molar-refractivity contribution in [2.45, 2.75) is 31.2 Å². The number of amides is 2. The standard InChI is InChI=1S/C17H23N3O3/c1-19-9-7-12(8-10-19)20-15-6-4-3-5-13(15)14(17(20)22)11-16(21)18-23-2/h3-6,12,14H,7-11H2,1-2H3,(H,18,21). The molecule has 6 nitrogen and oxygen atoms in total. The second-order valence-electron chi connectivity index (χ2n) is 6.29. The first-order chi connectivity index (χ1) is 11.1. The van der Waals surface area contributed by atoms with Gasteiger partial charge in [0.25, 0.3) is 0 Å². The minimum absolute atomic E-state index is 0.0343. The number of hydroxylamine groups is 1. The SMILES string of the molecule is CONC(=O)CC1C(=O)N(C2CCN(C)CC2)c2ccccc21. The van der Waals surface area contributed by atoms with Gasteiger partial charge in [-0.25, -0.2) is 5.48 Å². The van der Waals surface area contributed by atoms with Crippen molar-refractivity contribution in [1.29, 1.82) is 0 Å². The Morgan fingerprint density at radius 2 is 2.00 bits per heavy atom. The summed E-state index contributed by atoms with van der Waals surface area (Å²) in [5.74, 6) is -0.654. The van der Waals surface area contributed by atoms with Crippen LogP contribution in [0.1, 0.15) is 30.7 Å². The van der Waals surface area contributed by atoms with Crippen LogP contribution in [0.2, 0.25) is 0 Å². The van der Waals surface area contributed by atoms with Gasteiger partial charge in [-0.15, -0.1) is 0 Å². The van der Waals surface area contributed by atoms with Crippen LogP contribution in [0.25, 0.3) is 0 Å². The van der Waals surface area contributed by atoms with E-state index in [1.165, 1.54) is 7.11 Å². The Kier molecular flexibility index (Phi) is 4.63. The first-order valence-electron chi connectivity index (χ1n) is 8.04. The third-order valence-corrected chi connectivity index (χ3v) is 4.77. The smallest absolute Gasteiger partial charge is 0.244 e. The highest BCUT2D eigenvalue weighted by atomic mass is 16.6. The van der Waals surface area contributed by atoms with Gasteiger partial charge in [0.05, 0.1) is 13.0 Å². The van der Waals surface area contributed by atoms with Gasteiger partial charge in [0, 0.05) is 18.2 Å². The number of rotatable bonds is 4. The van der Waals surface area contributed by atoms with Crippen LogP contribution in [0, 0.1) is 0 Å². The lowest BCUT2D eigenvalue weighted by molar-refractivity contribution is -0.133. The van der Waals surface area contributed by atoms with Gasteiger partial charge in [0.15, 0.2) is 0 Å². The quantitative estimate of drug-likeness (QED) is 0.850. The van der Waals surface area contributed by atoms with Crippen LogP contribution in [0.5, 0.6) is 0 Å². The van der Waals surface area contributed by atoms with Gasteiger partial charge in [-0.3, -0.25) is 14.4 Å². The van der Waals surface area contributed by atoms with E-state index in [1.54, 1.807) is 0 Å². The van der Waals surface area contributed by atoms with Crippen LogP contribution in [0.3, 0.4) is 0 Å². The Labute approximate surface area is 136 Å². The predicted octanol–water partition coefficient (Wildman–Crippen LogP) is 1.28. The van der Waals surface area contributed by atoms with Gasteiger partial charge >= 0.3 is 0 Å². The summed E-state index contributed by atoms with van der Waals surface area (Å²) in [4.78, 5) is 33.7. The molecule has 2 heterocycles. The fraction of sp³-hybridized carbons (Fsp3) is 0.529. The molecule has 6 heteroatoms. The van der Waals surface area contributed by atoms with Crippen LogP contribution in [0.15, 0.2) is 24.3 Å². The molecule has 3 rings (SSSR count). The lowest BCUT2D eigenvalue weighted by atomic mass is 9.97. The fourth-order valence-electron chi connectivity index (χ4n) is 3.59. The molecule has 1 aromatic carbocycles. The highest BCUT2D eigenvalue weighted by molar-refractivity contribution is 6.07. The molecule has 1 saturated heterocycles. The predicted molar refractivity (Wildman–Crippen MR) is 87.0 cm³/mol. The highest BCUT2D eigenvalue weighted by Gasteiger charge is 2.41. The summed E-state index contributed by atoms with van der Waals surface area (Å²) in [5, 5.41) is 0. The first-order valence-corrected chi connectivity index (χ1v) is 8.04. The molecular weight excluding hydrogens is 294 g/mol. The Hall–Kier alpha value is -1.92. The molecule has 1 atom stereocenters. The summed E-state index contributed by atoms with van der Waals surface area (Å²) in [6.45, 7) is 1.98. The second-order valence-corrected chi connectivity index (χ2v) is 6.29. The molecule has 2 aliphatic heterocycles. The summed E-state index contributed by atoms with van der Waals surface area (Å²) in [6.07, 6.45) is 2.05. The number of carbonyl (C=O) groups is 2. The number of likely N-dealkylation sites (tertiary alicyclic amines) is 1. The summed E-state index contributed by atoms with van der Waals surface area (Å²) in [5.41, 5.74) is 4.21. The van der Waals surface area contributed by atoms with E-state index in [1.807, 2.05) is 29.2 Å². The minimum Gasteiger partial charge on any atom is -0.308 e. The molecule has 2 amide bonds. The topological polar surface area (TPSA) is 61.9 Å². The largest absolute Gasteiger partial charge is 0.308 e. The number of hydrogen-bond donors (Lipinski definition) is 1. The third-order valence-electron chi connectivity index (χ3n) is 4.77. The van der Waals surface area contributed by atoms with Crippen LogP contribution >= 0.6 is 0 Å². The number of nitrogens with zero attached hydrogens (tertiary/aromatic N) is 2. The Balaban J connectivity index is 1.84. The average Bonchev–Trinajstić information content (AvgIpc) is 2.81. The summed E-state index contributed by atoms with van der Waals surface area (Å²) >= 11 is 0. The maximum Gasteiger partial charge on any atom is 0.244 e. The zero-order valence-corrected chi connectivity index (χ0v) is 13.6. The summed E-state index contributed by atoms with van der Waals surface area (Å²) in [6, 6.07) is 8.03. The molecule has 1 N–H and O–H groups in total. The van der Waals surface area contributed by atoms with E-state index >= 15 is 0 Å². The highest BCUT2D eigenvalue weighted by Crippen LogP contribution is 2.41. The molecule has 0 spiro atoms. The van der Waals surface area contributed by atoms with Gasteiger partial charge in [-0.05, 0) is 44.6 Å². The van der Waals surface area contributed by atoms with E-state index < -0.39 is 5.92 Å². The van der Waals surface area contributed by atoms with Crippen molar-refractivity contribution in [3.63, 3.8) is 0 Å². The zero-order chi connectivity index (χ0) is 16.4. The van der Waals surface area contributed by atoms with E-state index in [0.717, 1.165) is 37.2 Å². The van der Waals surface area contributed by atoms with Crippen molar-refractivity contribution in [2.24, 2.45) is 0 Å². The minimum atomic E-state index is -0.416. The van der Waals surface area contributed by atoms with Gasteiger partial charge in [0.1, 0.15) is 0 Å². The molecule has 124 valence electrons. The number of hydrogen-bond acceptors (Lipinski definition) is 4. The van der Waals surface area contributed by atoms with Crippen LogP contribution in [-0.2, 0) is 14.4 Å². The number of nitrogens with one attached hydrogen (secondary N) is 1. The molecule has 1 unspecified atom stereocenters. The average molecular weight is 317 g/mol. The first kappa shape index (κ1) is 16.0. The summed E-state index contributed by atoms with van der Waals surface area (Å²) < 4.78 is 0. The fourth-order valence-corrected chi connectivity index (χ4v) is 3.59. The number of benzene rings is 1. The molecule has 0 aliphatic carbocycles. The molecule has 2 aliphatic rings. The number of carbonyl (C=O) groups excluding carboxylic acids is 2. The Bertz CT molecular complexity index is 597. The lowest BCUT2D eigenvalue weighted by Crippen LogP contribution is -2.46. The second kappa shape index (κ2) is 6.68. The molecule has 23 heavy (non-hydrogen) atoms. The number of piperidine rings is 1. The van der Waals surface area contributed by atoms with Crippen LogP contribution in [-0.4, -0.2) is 50.0 Å². The maximum atomic E-state index is 13.0. The number of anilines is 1. The molecule has 1 aromatic rings. The molecule has 0 saturated carbocycles. The molecule has 0 bridgehead atoms. The lowest BCUT2D eigenvalue weighted by Gasteiger charge is -2.35. The number of para-hydroxylation sites is 1. The van der Waals surface area contributed by atoms with E-state index in [-0.39, 0.29) is 24.3 Å². The van der Waals surface area contributed by atoms with E-state index in [9.17, 15) is 9.59 Å². The van der Waals surface area contributed by atoms with Crippen molar-refractivity contribution in [3.8, 4) is 0 Å². The van der Waals surface area contributed by atoms with E-state index in [0.29, 0.717) is 0 Å². The van der Waals surface area contributed by atoms with Crippen LogP contribution in [0.4, 0.5) is 5.69 Å². The molecule has 0 radical (unpaired) electrons. The van der Waals surface area contributed by atoms with E-state index in [4.69, 9.17) is 0 Å². The molecule has 0 aromatic heterocycles. The normalized spacial score (nSPS) is 22.3. The third kappa shape index (κ3) is 3.09. The Morgan fingerprint density at radius 3 is 2.70 bits per heavy atom. The van der Waals surface area contributed by atoms with Crippen LogP contribution < -0.4 is 10.4 Å². The van der Waals surface area contributed by atoms with Gasteiger partial charge in [-0.2, -0.15) is 0 Å². The molecule has 1 fully saturated rings. The van der Waals surface area contributed by atoms with Gasteiger partial charge in [-0.1, -0.05) is 18.2 Å². The van der Waals surface area contributed by atoms with Crippen molar-refractivity contribution < 1.29 is 14.4 Å². The van der Waals surface area contributed by atoms with E-state index in [2.05, 4.69) is 22.3 Å². The van der Waals surface area contributed by atoms with Crippen molar-refractivity contribution in [3.05, 3.63) is 29.8 Å². The van der Waals surface area contributed by atoms with Crippen molar-refractivity contribution >= 4 is 17.5 Å². The van der Waals surface area contributed by atoms with Gasteiger partial charge < -0.3 is 9.80 Å². The van der Waals surface area contributed by atoms with Gasteiger partial charge in [0.2, 0.25) is 11.8 Å². The monoisotopic (exact) mass is 317 g/mol. The zero-order valence-electron chi connectivity index (χ0n) is 13.6. The summed E-state index contributed by atoms with van der Waals surface area (Å²) in [7, 11) is 3.50. The molecular formula is C17H23N3O3. The Morgan fingerprint density at radius 1 is 1.30 bits per heavy atom.